The molecule has 2 aromatic heterocycles. The van der Waals surface area contributed by atoms with Crippen LogP contribution in [0, 0.1) is 0 Å². The van der Waals surface area contributed by atoms with Crippen LogP contribution >= 0.6 is 0 Å². The number of allylic oxidation sites excluding steroid dienone is 1. The number of rotatable bonds is 11. The number of ether oxygens (including phenoxy) is 3. The summed E-state index contributed by atoms with van der Waals surface area (Å²) in [6, 6.07) is 7.51. The van der Waals surface area contributed by atoms with Gasteiger partial charge in [0, 0.05) is 24.1 Å². The molecule has 0 atom stereocenters. The van der Waals surface area contributed by atoms with Crippen LogP contribution in [0.2, 0.25) is 0 Å². The number of hydroxylamine groups is 2. The van der Waals surface area contributed by atoms with Crippen molar-refractivity contribution >= 4 is 23.1 Å². The van der Waals surface area contributed by atoms with E-state index in [-0.39, 0.29) is 6.61 Å². The average molecular weight is 424 g/mol. The summed E-state index contributed by atoms with van der Waals surface area (Å²) in [5.74, 6) is 2.71. The van der Waals surface area contributed by atoms with Crippen molar-refractivity contribution in [2.75, 3.05) is 34.4 Å². The van der Waals surface area contributed by atoms with Crippen molar-refractivity contribution in [2.45, 2.75) is 13.5 Å². The molecule has 0 aliphatic heterocycles. The van der Waals surface area contributed by atoms with Gasteiger partial charge in [0.05, 0.1) is 27.0 Å². The van der Waals surface area contributed by atoms with Gasteiger partial charge in [-0.1, -0.05) is 18.7 Å². The summed E-state index contributed by atoms with van der Waals surface area (Å²) in [5.41, 5.74) is 2.40. The van der Waals surface area contributed by atoms with E-state index in [0.29, 0.717) is 36.1 Å². The Hall–Kier alpha value is -3.29. The Morgan fingerprint density at radius 2 is 2.00 bits per heavy atom. The molecule has 7 nitrogen and oxygen atoms in total. The smallest absolute Gasteiger partial charge is 0.147 e. The van der Waals surface area contributed by atoms with Crippen LogP contribution in [0.15, 0.2) is 47.5 Å². The number of hydrogen-bond donors (Lipinski definition) is 0. The van der Waals surface area contributed by atoms with E-state index in [1.165, 1.54) is 0 Å². The SMILES string of the molecule is C=Cc1c(/C=C\C)oc2ccc(OCc3ncc(OCCN(C)OC)cc3OC)cc12. The molecule has 3 rings (SSSR count). The Labute approximate surface area is 182 Å². The molecular formula is C24H28N2O5. The van der Waals surface area contributed by atoms with Gasteiger partial charge in [-0.15, -0.1) is 0 Å². The summed E-state index contributed by atoms with van der Waals surface area (Å²) >= 11 is 0. The molecule has 2 heterocycles. The number of benzene rings is 1. The molecule has 0 aliphatic carbocycles. The normalized spacial score (nSPS) is 11.4. The van der Waals surface area contributed by atoms with Crippen molar-refractivity contribution in [3.8, 4) is 17.2 Å². The van der Waals surface area contributed by atoms with Crippen molar-refractivity contribution < 1.29 is 23.5 Å². The van der Waals surface area contributed by atoms with Crippen molar-refractivity contribution in [3.05, 3.63) is 60.1 Å². The lowest BCUT2D eigenvalue weighted by molar-refractivity contribution is -0.113. The summed E-state index contributed by atoms with van der Waals surface area (Å²) in [4.78, 5) is 9.51. The van der Waals surface area contributed by atoms with Crippen LogP contribution in [-0.2, 0) is 11.4 Å². The highest BCUT2D eigenvalue weighted by molar-refractivity contribution is 5.91. The van der Waals surface area contributed by atoms with E-state index >= 15 is 0 Å². The molecular weight excluding hydrogens is 396 g/mol. The Morgan fingerprint density at radius 1 is 1.16 bits per heavy atom. The lowest BCUT2D eigenvalue weighted by Gasteiger charge is -2.15. The number of pyridine rings is 1. The van der Waals surface area contributed by atoms with Crippen LogP contribution < -0.4 is 14.2 Å². The number of hydrogen-bond acceptors (Lipinski definition) is 7. The molecule has 0 saturated carbocycles. The number of methoxy groups -OCH3 is 1. The predicted octanol–water partition coefficient (Wildman–Crippen LogP) is 4.96. The molecule has 0 aliphatic rings. The van der Waals surface area contributed by atoms with Gasteiger partial charge in [-0.2, -0.15) is 5.06 Å². The fourth-order valence-corrected chi connectivity index (χ4v) is 3.04. The first-order chi connectivity index (χ1) is 15.1. The van der Waals surface area contributed by atoms with Crippen molar-refractivity contribution in [3.63, 3.8) is 0 Å². The molecule has 7 heteroatoms. The zero-order chi connectivity index (χ0) is 22.2. The lowest BCUT2D eigenvalue weighted by Crippen LogP contribution is -2.23. The van der Waals surface area contributed by atoms with Gasteiger partial charge in [-0.25, -0.2) is 4.98 Å². The molecule has 3 aromatic rings. The topological polar surface area (TPSA) is 66.2 Å². The molecule has 164 valence electrons. The number of nitrogens with zero attached hydrogens (tertiary/aromatic N) is 2. The van der Waals surface area contributed by atoms with Gasteiger partial charge >= 0.3 is 0 Å². The van der Waals surface area contributed by atoms with Gasteiger partial charge in [0.15, 0.2) is 0 Å². The highest BCUT2D eigenvalue weighted by Crippen LogP contribution is 2.32. The van der Waals surface area contributed by atoms with Gasteiger partial charge in [0.2, 0.25) is 0 Å². The third-order valence-corrected chi connectivity index (χ3v) is 4.74. The monoisotopic (exact) mass is 424 g/mol. The average Bonchev–Trinajstić information content (AvgIpc) is 3.14. The van der Waals surface area contributed by atoms with Crippen LogP contribution in [0.1, 0.15) is 23.9 Å². The summed E-state index contributed by atoms with van der Waals surface area (Å²) in [6.45, 7) is 7.20. The first kappa shape index (κ1) is 22.4. The lowest BCUT2D eigenvalue weighted by atomic mass is 10.1. The first-order valence-corrected chi connectivity index (χ1v) is 9.95. The number of likely N-dealkylation sites (N-methyl/N-ethyl adjacent to an activating group) is 1. The summed E-state index contributed by atoms with van der Waals surface area (Å²) in [7, 11) is 5.05. The fourth-order valence-electron chi connectivity index (χ4n) is 3.04. The molecule has 0 bridgehead atoms. The Bertz CT molecular complexity index is 1060. The predicted molar refractivity (Wildman–Crippen MR) is 121 cm³/mol. The van der Waals surface area contributed by atoms with Gasteiger partial charge in [-0.05, 0) is 31.2 Å². The van der Waals surface area contributed by atoms with E-state index in [1.54, 1.807) is 37.6 Å². The second-order valence-corrected chi connectivity index (χ2v) is 6.73. The van der Waals surface area contributed by atoms with Crippen molar-refractivity contribution in [1.29, 1.82) is 0 Å². The van der Waals surface area contributed by atoms with Gasteiger partial charge in [0.1, 0.15) is 47.5 Å². The second-order valence-electron chi connectivity index (χ2n) is 6.73. The Kier molecular flexibility index (Phi) is 7.70. The second kappa shape index (κ2) is 10.7. The molecule has 0 radical (unpaired) electrons. The van der Waals surface area contributed by atoms with Gasteiger partial charge in [0.25, 0.3) is 0 Å². The zero-order valence-corrected chi connectivity index (χ0v) is 18.4. The van der Waals surface area contributed by atoms with E-state index in [9.17, 15) is 0 Å². The summed E-state index contributed by atoms with van der Waals surface area (Å²) in [6.07, 6.45) is 7.30. The largest absolute Gasteiger partial charge is 0.495 e. The molecule has 0 N–H and O–H groups in total. The van der Waals surface area contributed by atoms with E-state index in [2.05, 4.69) is 11.6 Å². The Morgan fingerprint density at radius 3 is 2.71 bits per heavy atom. The van der Waals surface area contributed by atoms with Crippen molar-refractivity contribution in [1.82, 2.24) is 10.0 Å². The van der Waals surface area contributed by atoms with Crippen LogP contribution in [0.4, 0.5) is 0 Å². The minimum atomic E-state index is 0.254. The van der Waals surface area contributed by atoms with Gasteiger partial charge in [-0.3, -0.25) is 0 Å². The minimum absolute atomic E-state index is 0.254. The van der Waals surface area contributed by atoms with E-state index in [1.807, 2.05) is 44.3 Å². The Balaban J connectivity index is 1.71. The maximum absolute atomic E-state index is 5.98. The summed E-state index contributed by atoms with van der Waals surface area (Å²) < 4.78 is 23.0. The quantitative estimate of drug-likeness (QED) is 0.403. The van der Waals surface area contributed by atoms with Gasteiger partial charge < -0.3 is 23.5 Å². The molecule has 0 fully saturated rings. The molecule has 0 unspecified atom stereocenters. The number of aromatic nitrogens is 1. The zero-order valence-electron chi connectivity index (χ0n) is 18.4. The maximum atomic E-state index is 5.98. The summed E-state index contributed by atoms with van der Waals surface area (Å²) in [5, 5.41) is 2.63. The highest BCUT2D eigenvalue weighted by Gasteiger charge is 2.12. The molecule has 0 amide bonds. The van der Waals surface area contributed by atoms with Crippen LogP contribution in [-0.4, -0.2) is 44.5 Å². The number of furan rings is 1. The maximum Gasteiger partial charge on any atom is 0.147 e. The van der Waals surface area contributed by atoms with Crippen molar-refractivity contribution in [2.24, 2.45) is 0 Å². The van der Waals surface area contributed by atoms with E-state index in [0.717, 1.165) is 22.3 Å². The minimum Gasteiger partial charge on any atom is -0.495 e. The van der Waals surface area contributed by atoms with Crippen LogP contribution in [0.5, 0.6) is 17.2 Å². The molecule has 0 saturated heterocycles. The molecule has 31 heavy (non-hydrogen) atoms. The van der Waals surface area contributed by atoms with E-state index < -0.39 is 0 Å². The number of fused-ring (bicyclic) bond motifs is 1. The highest BCUT2D eigenvalue weighted by atomic mass is 16.7. The van der Waals surface area contributed by atoms with Crippen LogP contribution in [0.3, 0.4) is 0 Å². The third-order valence-electron chi connectivity index (χ3n) is 4.74. The first-order valence-electron chi connectivity index (χ1n) is 9.95. The standard InChI is InChI=1S/C24H28N2O5/c1-6-8-22-19(7-2)20-13-17(9-10-23(20)31-22)30-16-21-24(27-4)14-18(15-25-21)29-12-11-26(3)28-5/h6-10,13-15H,2,11-12,16H2,1,3-5H3/b8-6-. The fraction of sp³-hybridized carbons (Fsp3) is 0.292. The molecule has 1 aromatic carbocycles. The van der Waals surface area contributed by atoms with E-state index in [4.69, 9.17) is 23.5 Å². The molecule has 0 spiro atoms. The van der Waals surface area contributed by atoms with Crippen LogP contribution in [0.25, 0.3) is 23.1 Å². The third kappa shape index (κ3) is 5.45.